The van der Waals surface area contributed by atoms with Gasteiger partial charge >= 0.3 is 0 Å². The van der Waals surface area contributed by atoms with Crippen LogP contribution in [0.1, 0.15) is 10.4 Å². The van der Waals surface area contributed by atoms with E-state index in [1.807, 2.05) is 0 Å². The molecule has 1 aromatic carbocycles. The summed E-state index contributed by atoms with van der Waals surface area (Å²) in [6, 6.07) is 1.92. The third kappa shape index (κ3) is 2.25. The molecule has 1 nitrogen and oxygen atoms in total. The highest BCUT2D eigenvalue weighted by molar-refractivity contribution is 9.09. The van der Waals surface area contributed by atoms with Gasteiger partial charge in [-0.3, -0.25) is 4.79 Å². The van der Waals surface area contributed by atoms with E-state index in [2.05, 4.69) is 15.9 Å². The highest BCUT2D eigenvalue weighted by atomic mass is 79.9. The molecule has 0 aliphatic rings. The molecule has 70 valence electrons. The van der Waals surface area contributed by atoms with Gasteiger partial charge in [0.15, 0.2) is 17.4 Å². The van der Waals surface area contributed by atoms with E-state index in [1.165, 1.54) is 0 Å². The number of hydrogen-bond donors (Lipinski definition) is 0. The summed E-state index contributed by atoms with van der Waals surface area (Å²) in [4.78, 5) is 11.0. The van der Waals surface area contributed by atoms with Gasteiger partial charge in [0.25, 0.3) is 0 Å². The van der Waals surface area contributed by atoms with E-state index in [9.17, 15) is 13.6 Å². The van der Waals surface area contributed by atoms with Gasteiger partial charge in [-0.05, 0) is 12.1 Å². The Morgan fingerprint density at radius 3 is 2.54 bits per heavy atom. The highest BCUT2D eigenvalue weighted by Gasteiger charge is 2.12. The lowest BCUT2D eigenvalue weighted by molar-refractivity contribution is 0.102. The zero-order valence-corrected chi connectivity index (χ0v) is 8.62. The molecule has 0 aliphatic carbocycles. The Bertz CT molecular complexity index is 331. The van der Waals surface area contributed by atoms with Crippen LogP contribution < -0.4 is 0 Å². The van der Waals surface area contributed by atoms with Crippen LogP contribution in [-0.2, 0) is 0 Å². The van der Waals surface area contributed by atoms with Crippen LogP contribution in [0, 0.1) is 11.6 Å². The minimum atomic E-state index is -1.13. The SMILES string of the molecule is O=C(CBr)c1cc(F)c(F)c(Cl)c1. The van der Waals surface area contributed by atoms with Crippen LogP contribution in [0.4, 0.5) is 8.78 Å². The fourth-order valence-corrected chi connectivity index (χ4v) is 1.33. The van der Waals surface area contributed by atoms with Crippen LogP contribution in [0.2, 0.25) is 5.02 Å². The van der Waals surface area contributed by atoms with Crippen LogP contribution in [0.3, 0.4) is 0 Å². The van der Waals surface area contributed by atoms with Gasteiger partial charge in [0.1, 0.15) is 0 Å². The molecule has 1 rings (SSSR count). The standard InChI is InChI=1S/C8H4BrClF2O/c9-3-7(13)4-1-5(10)8(12)6(11)2-4/h1-2H,3H2. The summed E-state index contributed by atoms with van der Waals surface area (Å²) >= 11 is 8.25. The molecule has 0 fully saturated rings. The van der Waals surface area contributed by atoms with Crippen LogP contribution in [-0.4, -0.2) is 11.1 Å². The minimum Gasteiger partial charge on any atom is -0.293 e. The summed E-state index contributed by atoms with van der Waals surface area (Å²) in [6.45, 7) is 0. The van der Waals surface area contributed by atoms with E-state index in [0.717, 1.165) is 12.1 Å². The van der Waals surface area contributed by atoms with Crippen molar-refractivity contribution in [2.24, 2.45) is 0 Å². The van der Waals surface area contributed by atoms with Crippen molar-refractivity contribution in [3.05, 3.63) is 34.4 Å². The van der Waals surface area contributed by atoms with E-state index in [1.54, 1.807) is 0 Å². The van der Waals surface area contributed by atoms with Crippen molar-refractivity contribution in [1.29, 1.82) is 0 Å². The molecule has 0 radical (unpaired) electrons. The predicted octanol–water partition coefficient (Wildman–Crippen LogP) is 3.20. The van der Waals surface area contributed by atoms with Gasteiger partial charge in [-0.2, -0.15) is 0 Å². The first-order valence-electron chi connectivity index (χ1n) is 3.30. The first-order valence-corrected chi connectivity index (χ1v) is 4.80. The molecule has 0 aromatic heterocycles. The Kier molecular flexibility index (Phi) is 3.39. The summed E-state index contributed by atoms with van der Waals surface area (Å²) in [5.41, 5.74) is 0.0563. The van der Waals surface area contributed by atoms with Crippen LogP contribution in [0.5, 0.6) is 0 Å². The molecule has 0 heterocycles. The van der Waals surface area contributed by atoms with E-state index in [0.29, 0.717) is 0 Å². The van der Waals surface area contributed by atoms with Crippen molar-refractivity contribution < 1.29 is 13.6 Å². The number of carbonyl (C=O) groups excluding carboxylic acids is 1. The Balaban J connectivity index is 3.20. The second-order valence-corrected chi connectivity index (χ2v) is 3.28. The molecule has 0 bridgehead atoms. The highest BCUT2D eigenvalue weighted by Crippen LogP contribution is 2.20. The smallest absolute Gasteiger partial charge is 0.177 e. The van der Waals surface area contributed by atoms with Crippen molar-refractivity contribution in [3.8, 4) is 0 Å². The number of Topliss-reactive ketones (excluding diaryl/α,β-unsaturated/α-hetero) is 1. The fourth-order valence-electron chi connectivity index (χ4n) is 0.794. The van der Waals surface area contributed by atoms with Crippen molar-refractivity contribution in [1.82, 2.24) is 0 Å². The molecule has 0 amide bonds. The van der Waals surface area contributed by atoms with Crippen LogP contribution >= 0.6 is 27.5 Å². The number of alkyl halides is 1. The summed E-state index contributed by atoms with van der Waals surface area (Å²) in [7, 11) is 0. The zero-order valence-electron chi connectivity index (χ0n) is 6.28. The lowest BCUT2D eigenvalue weighted by Crippen LogP contribution is -2.01. The number of rotatable bonds is 2. The fraction of sp³-hybridized carbons (Fsp3) is 0.125. The van der Waals surface area contributed by atoms with Gasteiger partial charge in [0, 0.05) is 5.56 Å². The third-order valence-corrected chi connectivity index (χ3v) is 2.21. The van der Waals surface area contributed by atoms with Gasteiger partial charge in [0.05, 0.1) is 10.4 Å². The van der Waals surface area contributed by atoms with Gasteiger partial charge < -0.3 is 0 Å². The normalized spacial score (nSPS) is 10.2. The lowest BCUT2D eigenvalue weighted by atomic mass is 10.1. The molecule has 0 saturated heterocycles. The van der Waals surface area contributed by atoms with E-state index in [4.69, 9.17) is 11.6 Å². The topological polar surface area (TPSA) is 17.1 Å². The van der Waals surface area contributed by atoms with E-state index in [-0.39, 0.29) is 21.7 Å². The maximum atomic E-state index is 12.7. The van der Waals surface area contributed by atoms with Crippen molar-refractivity contribution in [2.45, 2.75) is 0 Å². The largest absolute Gasteiger partial charge is 0.293 e. The third-order valence-electron chi connectivity index (χ3n) is 1.43. The molecule has 1 aromatic rings. The second-order valence-electron chi connectivity index (χ2n) is 2.31. The maximum Gasteiger partial charge on any atom is 0.177 e. The summed E-state index contributed by atoms with van der Waals surface area (Å²) < 4.78 is 25.4. The molecule has 13 heavy (non-hydrogen) atoms. The van der Waals surface area contributed by atoms with Gasteiger partial charge in [-0.1, -0.05) is 27.5 Å². The van der Waals surface area contributed by atoms with Crippen molar-refractivity contribution >= 4 is 33.3 Å². The number of carbonyl (C=O) groups is 1. The Morgan fingerprint density at radius 1 is 1.46 bits per heavy atom. The van der Waals surface area contributed by atoms with Gasteiger partial charge in [0.2, 0.25) is 0 Å². The summed E-state index contributed by atoms with van der Waals surface area (Å²) in [5, 5.41) is -0.335. The predicted molar refractivity (Wildman–Crippen MR) is 49.5 cm³/mol. The second kappa shape index (κ2) is 4.15. The lowest BCUT2D eigenvalue weighted by Gasteiger charge is -2.00. The number of ketones is 1. The van der Waals surface area contributed by atoms with Gasteiger partial charge in [-0.25, -0.2) is 8.78 Å². The number of halogens is 4. The van der Waals surface area contributed by atoms with E-state index >= 15 is 0 Å². The molecule has 0 aliphatic heterocycles. The monoisotopic (exact) mass is 268 g/mol. The minimum absolute atomic E-state index is 0.0500. The maximum absolute atomic E-state index is 12.7. The molecular formula is C8H4BrClF2O. The van der Waals surface area contributed by atoms with Crippen LogP contribution in [0.25, 0.3) is 0 Å². The average molecular weight is 269 g/mol. The molecule has 0 atom stereocenters. The summed E-state index contributed by atoms with van der Waals surface area (Å²) in [5.74, 6) is -2.59. The molecule has 0 N–H and O–H groups in total. The van der Waals surface area contributed by atoms with Crippen molar-refractivity contribution in [3.63, 3.8) is 0 Å². The number of hydrogen-bond acceptors (Lipinski definition) is 1. The Hall–Kier alpha value is -0.480. The van der Waals surface area contributed by atoms with E-state index < -0.39 is 11.6 Å². The van der Waals surface area contributed by atoms with Crippen LogP contribution in [0.15, 0.2) is 12.1 Å². The molecule has 0 spiro atoms. The molecule has 0 unspecified atom stereocenters. The Labute approximate surface area is 86.8 Å². The first kappa shape index (κ1) is 10.6. The van der Waals surface area contributed by atoms with Crippen molar-refractivity contribution in [2.75, 3.05) is 5.33 Å². The molecule has 5 heteroatoms. The van der Waals surface area contributed by atoms with Gasteiger partial charge in [-0.15, -0.1) is 0 Å². The quantitative estimate of drug-likeness (QED) is 0.458. The Morgan fingerprint density at radius 2 is 2.08 bits per heavy atom. The summed E-state index contributed by atoms with van der Waals surface area (Å²) in [6.07, 6.45) is 0. The molecular weight excluding hydrogens is 265 g/mol. The zero-order chi connectivity index (χ0) is 10.0. The molecule has 0 saturated carbocycles. The first-order chi connectivity index (χ1) is 6.06. The average Bonchev–Trinajstić information content (AvgIpc) is 2.12. The number of benzene rings is 1.